The third-order valence-corrected chi connectivity index (χ3v) is 6.05. The average Bonchev–Trinajstić information content (AvgIpc) is 3.32. The molecular weight excluding hydrogens is 372 g/mol. The molecular formula is C21H24N4O4. The van der Waals surface area contributed by atoms with Crippen molar-refractivity contribution in [3.8, 4) is 0 Å². The molecule has 1 unspecified atom stereocenters. The average molecular weight is 396 g/mol. The molecule has 1 aliphatic heterocycles. The summed E-state index contributed by atoms with van der Waals surface area (Å²) in [5.41, 5.74) is 7.36. The molecule has 3 amide bonds. The zero-order valence-electron chi connectivity index (χ0n) is 15.9. The molecule has 0 spiro atoms. The number of hydrogen-bond acceptors (Lipinski definition) is 4. The zero-order valence-corrected chi connectivity index (χ0v) is 15.9. The fourth-order valence-electron chi connectivity index (χ4n) is 4.43. The van der Waals surface area contributed by atoms with Gasteiger partial charge in [0.25, 0.3) is 0 Å². The van der Waals surface area contributed by atoms with Gasteiger partial charge in [-0.05, 0) is 24.5 Å². The number of para-hydroxylation sites is 1. The van der Waals surface area contributed by atoms with Crippen LogP contribution in [-0.4, -0.2) is 40.6 Å². The number of Topliss-reactive ketones (excluding diaryl/α,β-unsaturated/α-hetero) is 1. The van der Waals surface area contributed by atoms with Crippen molar-refractivity contribution < 1.29 is 19.2 Å². The van der Waals surface area contributed by atoms with E-state index in [4.69, 9.17) is 5.73 Å². The molecule has 2 fully saturated rings. The van der Waals surface area contributed by atoms with Crippen molar-refractivity contribution in [3.63, 3.8) is 0 Å². The van der Waals surface area contributed by atoms with Gasteiger partial charge < -0.3 is 21.4 Å². The number of rotatable bonds is 7. The number of carbonyl (C=O) groups is 4. The number of nitrogens with two attached hydrogens (primary N) is 1. The molecule has 4 atom stereocenters. The maximum atomic E-state index is 13.3. The van der Waals surface area contributed by atoms with E-state index in [1.165, 1.54) is 0 Å². The summed E-state index contributed by atoms with van der Waals surface area (Å²) >= 11 is 0. The van der Waals surface area contributed by atoms with Gasteiger partial charge in [0.2, 0.25) is 17.7 Å². The van der Waals surface area contributed by atoms with E-state index in [0.29, 0.717) is 19.3 Å². The standard InChI is InChI=1S/C21H24N4O4/c22-20(28)14-6-3-5-13(14)19(27)16(25-21(29)17-9-18(26)24-17)8-11-10-23-15-7-2-1-4-12(11)15/h1-2,4,7,10,13-14,16-17,23H,3,5-6,8-9H2,(H2,22,28)(H,24,26)(H,25,29)/t13?,14-,16+,17+/m1/s1. The first-order valence-electron chi connectivity index (χ1n) is 9.92. The van der Waals surface area contributed by atoms with Crippen LogP contribution >= 0.6 is 0 Å². The van der Waals surface area contributed by atoms with Crippen LogP contribution in [0.15, 0.2) is 30.5 Å². The summed E-state index contributed by atoms with van der Waals surface area (Å²) < 4.78 is 0. The molecule has 2 aromatic rings. The monoisotopic (exact) mass is 396 g/mol. The Balaban J connectivity index is 1.58. The van der Waals surface area contributed by atoms with Gasteiger partial charge in [0.05, 0.1) is 12.5 Å². The van der Waals surface area contributed by atoms with Crippen LogP contribution in [0.5, 0.6) is 0 Å². The second-order valence-corrected chi connectivity index (χ2v) is 7.90. The van der Waals surface area contributed by atoms with Gasteiger partial charge in [-0.2, -0.15) is 0 Å². The Morgan fingerprint density at radius 3 is 2.62 bits per heavy atom. The van der Waals surface area contributed by atoms with E-state index in [1.54, 1.807) is 0 Å². The lowest BCUT2D eigenvalue weighted by atomic mass is 9.85. The molecule has 1 aliphatic carbocycles. The van der Waals surface area contributed by atoms with E-state index in [0.717, 1.165) is 22.9 Å². The Hall–Kier alpha value is -3.16. The van der Waals surface area contributed by atoms with Crippen LogP contribution in [0, 0.1) is 11.8 Å². The molecule has 2 aliphatic rings. The highest BCUT2D eigenvalue weighted by Crippen LogP contribution is 2.33. The minimum atomic E-state index is -0.788. The molecule has 5 N–H and O–H groups in total. The van der Waals surface area contributed by atoms with Gasteiger partial charge in [-0.15, -0.1) is 0 Å². The Labute approximate surface area is 167 Å². The summed E-state index contributed by atoms with van der Waals surface area (Å²) in [4.78, 5) is 52.0. The molecule has 152 valence electrons. The van der Waals surface area contributed by atoms with Crippen LogP contribution in [0.3, 0.4) is 0 Å². The molecule has 1 saturated carbocycles. The van der Waals surface area contributed by atoms with Gasteiger partial charge in [0.1, 0.15) is 6.04 Å². The number of fused-ring (bicyclic) bond motifs is 1. The minimum Gasteiger partial charge on any atom is -0.369 e. The van der Waals surface area contributed by atoms with Crippen LogP contribution in [-0.2, 0) is 25.6 Å². The zero-order chi connectivity index (χ0) is 20.5. The summed E-state index contributed by atoms with van der Waals surface area (Å²) in [5, 5.41) is 6.32. The van der Waals surface area contributed by atoms with E-state index >= 15 is 0 Å². The second-order valence-electron chi connectivity index (χ2n) is 7.90. The van der Waals surface area contributed by atoms with Crippen molar-refractivity contribution >= 4 is 34.4 Å². The lowest BCUT2D eigenvalue weighted by Crippen LogP contribution is -2.60. The third kappa shape index (κ3) is 3.74. The Bertz CT molecular complexity index is 974. The summed E-state index contributed by atoms with van der Waals surface area (Å²) in [6.45, 7) is 0. The number of aromatic amines is 1. The van der Waals surface area contributed by atoms with Crippen molar-refractivity contribution in [2.24, 2.45) is 17.6 Å². The molecule has 0 radical (unpaired) electrons. The van der Waals surface area contributed by atoms with Crippen molar-refractivity contribution in [1.82, 2.24) is 15.6 Å². The van der Waals surface area contributed by atoms with Gasteiger partial charge in [0, 0.05) is 35.4 Å². The molecule has 8 nitrogen and oxygen atoms in total. The molecule has 0 bridgehead atoms. The number of carbonyl (C=O) groups excluding carboxylic acids is 4. The quantitative estimate of drug-likeness (QED) is 0.509. The summed E-state index contributed by atoms with van der Waals surface area (Å²) in [6.07, 6.45) is 4.20. The first-order chi connectivity index (χ1) is 13.9. The number of hydrogen-bond donors (Lipinski definition) is 4. The molecule has 2 heterocycles. The number of primary amides is 1. The number of amides is 3. The van der Waals surface area contributed by atoms with E-state index in [-0.39, 0.29) is 24.0 Å². The SMILES string of the molecule is NC(=O)[C@@H]1CCCC1C(=O)[C@H](Cc1c[nH]c2ccccc12)NC(=O)[C@@H]1CC(=O)N1. The van der Waals surface area contributed by atoms with Crippen LogP contribution < -0.4 is 16.4 Å². The van der Waals surface area contributed by atoms with Gasteiger partial charge in [-0.25, -0.2) is 0 Å². The van der Waals surface area contributed by atoms with Crippen molar-refractivity contribution in [3.05, 3.63) is 36.0 Å². The Morgan fingerprint density at radius 2 is 1.90 bits per heavy atom. The summed E-state index contributed by atoms with van der Waals surface area (Å²) in [6, 6.07) is 6.33. The van der Waals surface area contributed by atoms with Crippen molar-refractivity contribution in [1.29, 1.82) is 0 Å². The molecule has 1 saturated heterocycles. The van der Waals surface area contributed by atoms with E-state index < -0.39 is 29.8 Å². The van der Waals surface area contributed by atoms with E-state index in [1.807, 2.05) is 30.5 Å². The Morgan fingerprint density at radius 1 is 1.17 bits per heavy atom. The number of H-pyrrole nitrogens is 1. The van der Waals surface area contributed by atoms with Crippen LogP contribution in [0.2, 0.25) is 0 Å². The number of ketones is 1. The lowest BCUT2D eigenvalue weighted by Gasteiger charge is -2.29. The van der Waals surface area contributed by atoms with Crippen molar-refractivity contribution in [2.75, 3.05) is 0 Å². The van der Waals surface area contributed by atoms with Gasteiger partial charge in [-0.1, -0.05) is 24.6 Å². The topological polar surface area (TPSA) is 134 Å². The third-order valence-electron chi connectivity index (χ3n) is 6.05. The summed E-state index contributed by atoms with van der Waals surface area (Å²) in [5.74, 6) is -2.18. The molecule has 29 heavy (non-hydrogen) atoms. The number of β-lactam (4-membered cyclic amide) rings is 1. The van der Waals surface area contributed by atoms with Crippen molar-refractivity contribution in [2.45, 2.75) is 44.2 Å². The Kier molecular flexibility index (Phi) is 5.08. The summed E-state index contributed by atoms with van der Waals surface area (Å²) in [7, 11) is 0. The van der Waals surface area contributed by atoms with Gasteiger partial charge in [-0.3, -0.25) is 19.2 Å². The van der Waals surface area contributed by atoms with Crippen LogP contribution in [0.25, 0.3) is 10.9 Å². The predicted molar refractivity (Wildman–Crippen MR) is 106 cm³/mol. The molecule has 1 aromatic carbocycles. The number of aromatic nitrogens is 1. The number of benzene rings is 1. The fraction of sp³-hybridized carbons (Fsp3) is 0.429. The number of nitrogens with one attached hydrogen (secondary N) is 3. The normalized spacial score (nSPS) is 24.6. The fourth-order valence-corrected chi connectivity index (χ4v) is 4.43. The van der Waals surface area contributed by atoms with E-state index in [9.17, 15) is 19.2 Å². The highest BCUT2D eigenvalue weighted by Gasteiger charge is 2.41. The first-order valence-corrected chi connectivity index (χ1v) is 9.92. The highest BCUT2D eigenvalue weighted by atomic mass is 16.2. The maximum absolute atomic E-state index is 13.3. The molecule has 8 heteroatoms. The van der Waals surface area contributed by atoms with Crippen LogP contribution in [0.1, 0.15) is 31.2 Å². The molecule has 4 rings (SSSR count). The largest absolute Gasteiger partial charge is 0.369 e. The predicted octanol–water partition coefficient (Wildman–Crippen LogP) is 0.554. The second kappa shape index (κ2) is 7.69. The minimum absolute atomic E-state index is 0.118. The first kappa shape index (κ1) is 19.2. The highest BCUT2D eigenvalue weighted by molar-refractivity contribution is 6.00. The van der Waals surface area contributed by atoms with Crippen LogP contribution in [0.4, 0.5) is 0 Å². The molecule has 1 aromatic heterocycles. The maximum Gasteiger partial charge on any atom is 0.243 e. The smallest absolute Gasteiger partial charge is 0.243 e. The van der Waals surface area contributed by atoms with Gasteiger partial charge in [0.15, 0.2) is 5.78 Å². The van der Waals surface area contributed by atoms with Gasteiger partial charge >= 0.3 is 0 Å². The van der Waals surface area contributed by atoms with E-state index in [2.05, 4.69) is 15.6 Å². The lowest BCUT2D eigenvalue weighted by molar-refractivity contribution is -0.139.